The third-order valence-corrected chi connectivity index (χ3v) is 2.30. The number of carbonyl (C=O) groups is 2. The molecule has 1 aromatic carbocycles. The summed E-state index contributed by atoms with van der Waals surface area (Å²) in [6.45, 7) is 3.35. The zero-order chi connectivity index (χ0) is 14.4. The highest BCUT2D eigenvalue weighted by atomic mass is 16.6. The fourth-order valence-electron chi connectivity index (χ4n) is 1.39. The van der Waals surface area contributed by atoms with Crippen molar-refractivity contribution in [1.29, 1.82) is 0 Å². The molecular weight excluding hydrogens is 250 g/mol. The molecule has 6 heteroatoms. The highest BCUT2D eigenvalue weighted by molar-refractivity contribution is 5.92. The summed E-state index contributed by atoms with van der Waals surface area (Å²) in [5.41, 5.74) is 6.22. The van der Waals surface area contributed by atoms with Crippen LogP contribution in [0.3, 0.4) is 0 Å². The van der Waals surface area contributed by atoms with Crippen molar-refractivity contribution in [3.05, 3.63) is 23.8 Å². The van der Waals surface area contributed by atoms with E-state index in [2.05, 4.69) is 0 Å². The molecule has 0 saturated carbocycles. The van der Waals surface area contributed by atoms with Crippen molar-refractivity contribution in [1.82, 2.24) is 0 Å². The smallest absolute Gasteiger partial charge is 0.347 e. The van der Waals surface area contributed by atoms with Crippen molar-refractivity contribution in [2.24, 2.45) is 0 Å². The minimum atomic E-state index is -0.972. The van der Waals surface area contributed by atoms with E-state index >= 15 is 0 Å². The Balaban J connectivity index is 2.78. The number of nitrogens with two attached hydrogens (primary N) is 1. The molecule has 0 saturated heterocycles. The largest absolute Gasteiger partial charge is 0.497 e. The van der Waals surface area contributed by atoms with Gasteiger partial charge >= 0.3 is 11.9 Å². The second-order valence-electron chi connectivity index (χ2n) is 3.79. The van der Waals surface area contributed by atoms with Gasteiger partial charge in [0.05, 0.1) is 19.3 Å². The number of rotatable bonds is 5. The lowest BCUT2D eigenvalue weighted by atomic mass is 10.2. The van der Waals surface area contributed by atoms with Gasteiger partial charge in [-0.2, -0.15) is 0 Å². The van der Waals surface area contributed by atoms with Gasteiger partial charge in [-0.25, -0.2) is 9.59 Å². The maximum Gasteiger partial charge on any atom is 0.347 e. The predicted molar refractivity (Wildman–Crippen MR) is 68.9 cm³/mol. The molecule has 0 radical (unpaired) electrons. The SMILES string of the molecule is CCOC(=O)C(C)OC(=O)c1cc(N)cc(OC)c1. The standard InChI is InChI=1S/C13H17NO5/c1-4-18-12(15)8(2)19-13(16)9-5-10(14)7-11(6-9)17-3/h5-8H,4,14H2,1-3H3. The van der Waals surface area contributed by atoms with Gasteiger partial charge in [-0.1, -0.05) is 0 Å². The highest BCUT2D eigenvalue weighted by Crippen LogP contribution is 2.19. The average Bonchev–Trinajstić information content (AvgIpc) is 2.38. The molecule has 0 aliphatic heterocycles. The zero-order valence-corrected chi connectivity index (χ0v) is 11.1. The third kappa shape index (κ3) is 4.17. The van der Waals surface area contributed by atoms with E-state index in [1.54, 1.807) is 13.0 Å². The lowest BCUT2D eigenvalue weighted by molar-refractivity contribution is -0.152. The molecule has 0 spiro atoms. The molecule has 6 nitrogen and oxygen atoms in total. The molecule has 1 unspecified atom stereocenters. The number of hydrogen-bond donors (Lipinski definition) is 1. The molecule has 0 fully saturated rings. The fraction of sp³-hybridized carbons (Fsp3) is 0.385. The highest BCUT2D eigenvalue weighted by Gasteiger charge is 2.20. The number of benzene rings is 1. The van der Waals surface area contributed by atoms with Crippen LogP contribution in [0.2, 0.25) is 0 Å². The van der Waals surface area contributed by atoms with Crippen LogP contribution in [-0.4, -0.2) is 31.8 Å². The Hall–Kier alpha value is -2.24. The molecule has 19 heavy (non-hydrogen) atoms. The maximum atomic E-state index is 11.8. The molecule has 2 N–H and O–H groups in total. The summed E-state index contributed by atoms with van der Waals surface area (Å²) in [6, 6.07) is 4.50. The molecule has 0 bridgehead atoms. The maximum absolute atomic E-state index is 11.8. The van der Waals surface area contributed by atoms with E-state index in [0.717, 1.165) is 0 Å². The first-order valence-electron chi connectivity index (χ1n) is 5.80. The summed E-state index contributed by atoms with van der Waals surface area (Å²) in [4.78, 5) is 23.2. The molecule has 104 valence electrons. The fourth-order valence-corrected chi connectivity index (χ4v) is 1.39. The number of nitrogen functional groups attached to an aromatic ring is 1. The molecule has 0 aromatic heterocycles. The Morgan fingerprint density at radius 3 is 2.58 bits per heavy atom. The van der Waals surface area contributed by atoms with Crippen LogP contribution in [0.25, 0.3) is 0 Å². The summed E-state index contributed by atoms with van der Waals surface area (Å²) >= 11 is 0. The first-order valence-corrected chi connectivity index (χ1v) is 5.80. The van der Waals surface area contributed by atoms with Crippen molar-refractivity contribution < 1.29 is 23.8 Å². The molecule has 0 aliphatic rings. The van der Waals surface area contributed by atoms with Crippen molar-refractivity contribution in [2.75, 3.05) is 19.5 Å². The van der Waals surface area contributed by atoms with Gasteiger partial charge in [0.1, 0.15) is 5.75 Å². The van der Waals surface area contributed by atoms with Crippen LogP contribution < -0.4 is 10.5 Å². The number of anilines is 1. The number of esters is 2. The second kappa shape index (κ2) is 6.63. The van der Waals surface area contributed by atoms with Crippen LogP contribution in [-0.2, 0) is 14.3 Å². The lowest BCUT2D eigenvalue weighted by Crippen LogP contribution is -2.26. The van der Waals surface area contributed by atoms with Crippen LogP contribution in [0.5, 0.6) is 5.75 Å². The van der Waals surface area contributed by atoms with Crippen LogP contribution in [0.1, 0.15) is 24.2 Å². The predicted octanol–water partition coefficient (Wildman–Crippen LogP) is 1.39. The van der Waals surface area contributed by atoms with E-state index in [-0.39, 0.29) is 12.2 Å². The molecule has 1 rings (SSSR count). The Labute approximate surface area is 111 Å². The van der Waals surface area contributed by atoms with Crippen LogP contribution >= 0.6 is 0 Å². The zero-order valence-electron chi connectivity index (χ0n) is 11.1. The molecule has 0 aliphatic carbocycles. The van der Waals surface area contributed by atoms with E-state index in [0.29, 0.717) is 11.4 Å². The van der Waals surface area contributed by atoms with E-state index in [4.69, 9.17) is 19.9 Å². The molecular formula is C13H17NO5. The van der Waals surface area contributed by atoms with E-state index in [1.165, 1.54) is 26.2 Å². The summed E-state index contributed by atoms with van der Waals surface area (Å²) in [5, 5.41) is 0. The first-order chi connectivity index (χ1) is 8.97. The third-order valence-electron chi connectivity index (χ3n) is 2.30. The van der Waals surface area contributed by atoms with Crippen molar-refractivity contribution >= 4 is 17.6 Å². The lowest BCUT2D eigenvalue weighted by Gasteiger charge is -2.12. The van der Waals surface area contributed by atoms with Gasteiger partial charge in [0.25, 0.3) is 0 Å². The van der Waals surface area contributed by atoms with Crippen molar-refractivity contribution in [3.8, 4) is 5.75 Å². The van der Waals surface area contributed by atoms with E-state index in [1.807, 2.05) is 0 Å². The summed E-state index contributed by atoms with van der Waals surface area (Å²) < 4.78 is 14.7. The number of hydrogen-bond acceptors (Lipinski definition) is 6. The van der Waals surface area contributed by atoms with E-state index in [9.17, 15) is 9.59 Å². The van der Waals surface area contributed by atoms with Gasteiger partial charge in [-0.05, 0) is 26.0 Å². The summed E-state index contributed by atoms with van der Waals surface area (Å²) in [6.07, 6.45) is -0.972. The topological polar surface area (TPSA) is 87.9 Å². The van der Waals surface area contributed by atoms with Gasteiger partial charge in [0, 0.05) is 11.8 Å². The molecule has 1 aromatic rings. The van der Waals surface area contributed by atoms with E-state index < -0.39 is 18.0 Å². The molecule has 0 amide bonds. The minimum Gasteiger partial charge on any atom is -0.497 e. The van der Waals surface area contributed by atoms with Gasteiger partial charge in [-0.3, -0.25) is 0 Å². The van der Waals surface area contributed by atoms with Crippen molar-refractivity contribution in [3.63, 3.8) is 0 Å². The summed E-state index contributed by atoms with van der Waals surface area (Å²) in [7, 11) is 1.46. The minimum absolute atomic E-state index is 0.216. The van der Waals surface area contributed by atoms with Gasteiger partial charge < -0.3 is 19.9 Å². The Kier molecular flexibility index (Phi) is 5.17. The quantitative estimate of drug-likeness (QED) is 0.640. The normalized spacial score (nSPS) is 11.5. The molecule has 1 atom stereocenters. The number of ether oxygens (including phenoxy) is 3. The van der Waals surface area contributed by atoms with Gasteiger partial charge in [-0.15, -0.1) is 0 Å². The van der Waals surface area contributed by atoms with Crippen LogP contribution in [0.15, 0.2) is 18.2 Å². The van der Waals surface area contributed by atoms with Crippen LogP contribution in [0.4, 0.5) is 5.69 Å². The number of methoxy groups -OCH3 is 1. The van der Waals surface area contributed by atoms with Gasteiger partial charge in [0.15, 0.2) is 6.10 Å². The second-order valence-corrected chi connectivity index (χ2v) is 3.79. The van der Waals surface area contributed by atoms with Gasteiger partial charge in [0.2, 0.25) is 0 Å². The van der Waals surface area contributed by atoms with Crippen molar-refractivity contribution in [2.45, 2.75) is 20.0 Å². The Morgan fingerprint density at radius 2 is 2.00 bits per heavy atom. The summed E-state index contributed by atoms with van der Waals surface area (Å²) in [5.74, 6) is -0.811. The van der Waals surface area contributed by atoms with Crippen LogP contribution in [0, 0.1) is 0 Å². The first kappa shape index (κ1) is 14.8. The number of carbonyl (C=O) groups excluding carboxylic acids is 2. The average molecular weight is 267 g/mol. The molecule has 0 heterocycles. The Morgan fingerprint density at radius 1 is 1.32 bits per heavy atom. The Bertz CT molecular complexity index is 472. The monoisotopic (exact) mass is 267 g/mol.